The Labute approximate surface area is 242 Å². The first kappa shape index (κ1) is 29.6. The molecule has 0 aliphatic heterocycles. The molecule has 0 saturated carbocycles. The summed E-state index contributed by atoms with van der Waals surface area (Å²) >= 11 is 0. The normalized spacial score (nSPS) is 11.3. The van der Waals surface area contributed by atoms with E-state index in [4.69, 9.17) is 4.98 Å². The molecule has 4 aromatic rings. The standard InChI is InChI=1S/C34H38N3.Ir/c1-21(2)28-13-10-14-29(22(3)4)32(28)27-18-30(23(5)6)33(31(19-27)24(7)8)37-16-15-36-34(37)26-12-9-11-25(17-26)20-35;/h9-11,13-19,21-24H,1-8H3;/q-1;. The van der Waals surface area contributed by atoms with Crippen molar-refractivity contribution in [1.82, 2.24) is 9.55 Å². The zero-order valence-electron chi connectivity index (χ0n) is 23.8. The number of hydrogen-bond acceptors (Lipinski definition) is 2. The van der Waals surface area contributed by atoms with Crippen LogP contribution in [0.5, 0.6) is 0 Å². The van der Waals surface area contributed by atoms with Crippen molar-refractivity contribution < 1.29 is 20.1 Å². The summed E-state index contributed by atoms with van der Waals surface area (Å²) in [5.41, 5.74) is 10.7. The van der Waals surface area contributed by atoms with Crippen LogP contribution in [0.2, 0.25) is 0 Å². The van der Waals surface area contributed by atoms with Gasteiger partial charge in [0.05, 0.1) is 11.9 Å². The van der Waals surface area contributed by atoms with E-state index in [1.165, 1.54) is 39.1 Å². The molecule has 0 spiro atoms. The molecule has 0 aliphatic carbocycles. The molecule has 3 aromatic carbocycles. The average Bonchev–Trinajstić information content (AvgIpc) is 3.36. The van der Waals surface area contributed by atoms with E-state index in [2.05, 4.69) is 102 Å². The van der Waals surface area contributed by atoms with Crippen LogP contribution >= 0.6 is 0 Å². The third-order valence-electron chi connectivity index (χ3n) is 7.13. The Morgan fingerprint density at radius 2 is 1.34 bits per heavy atom. The van der Waals surface area contributed by atoms with Crippen molar-refractivity contribution >= 4 is 0 Å². The van der Waals surface area contributed by atoms with E-state index in [9.17, 15) is 5.26 Å². The van der Waals surface area contributed by atoms with E-state index >= 15 is 0 Å². The Bertz CT molecular complexity index is 1400. The third-order valence-corrected chi connectivity index (χ3v) is 7.13. The summed E-state index contributed by atoms with van der Waals surface area (Å²) in [4.78, 5) is 4.72. The fourth-order valence-electron chi connectivity index (χ4n) is 5.22. The second-order valence-corrected chi connectivity index (χ2v) is 11.2. The van der Waals surface area contributed by atoms with Crippen LogP contribution in [0.15, 0.2) is 60.9 Å². The minimum absolute atomic E-state index is 0. The molecule has 1 aromatic heterocycles. The SMILES string of the molecule is CC(C)c1cccc(C(C)C)c1-c1cc(C(C)C)c(-n2ccnc2-c2[c-]ccc(C#N)c2)c(C(C)C)c1.[Ir]. The van der Waals surface area contributed by atoms with E-state index in [0.29, 0.717) is 29.2 Å². The van der Waals surface area contributed by atoms with Gasteiger partial charge in [-0.05, 0) is 74.7 Å². The molecule has 0 N–H and O–H groups in total. The van der Waals surface area contributed by atoms with E-state index in [0.717, 1.165) is 11.4 Å². The smallest absolute Gasteiger partial charge is 0.0789 e. The molecular weight excluding hydrogens is 643 g/mol. The number of aromatic nitrogens is 2. The van der Waals surface area contributed by atoms with Gasteiger partial charge in [-0.3, -0.25) is 4.98 Å². The molecule has 0 aliphatic rings. The van der Waals surface area contributed by atoms with Gasteiger partial charge in [-0.25, -0.2) is 0 Å². The van der Waals surface area contributed by atoms with Gasteiger partial charge in [0, 0.05) is 38.2 Å². The number of rotatable bonds is 7. The van der Waals surface area contributed by atoms with Crippen molar-refractivity contribution in [3.8, 4) is 34.3 Å². The molecule has 4 rings (SSSR count). The Hall–Kier alpha value is -2.99. The fraction of sp³-hybridized carbons (Fsp3) is 0.353. The first-order valence-electron chi connectivity index (χ1n) is 13.4. The van der Waals surface area contributed by atoms with Gasteiger partial charge < -0.3 is 4.57 Å². The molecule has 38 heavy (non-hydrogen) atoms. The summed E-state index contributed by atoms with van der Waals surface area (Å²) in [6, 6.07) is 22.6. The van der Waals surface area contributed by atoms with Gasteiger partial charge >= 0.3 is 0 Å². The summed E-state index contributed by atoms with van der Waals surface area (Å²) in [5, 5.41) is 9.45. The summed E-state index contributed by atoms with van der Waals surface area (Å²) < 4.78 is 2.19. The molecule has 0 saturated heterocycles. The van der Waals surface area contributed by atoms with E-state index in [-0.39, 0.29) is 20.1 Å². The molecule has 0 amide bonds. The van der Waals surface area contributed by atoms with E-state index < -0.39 is 0 Å². The van der Waals surface area contributed by atoms with Crippen LogP contribution in [0.1, 0.15) is 107 Å². The van der Waals surface area contributed by atoms with Gasteiger partial charge in [-0.2, -0.15) is 5.26 Å². The van der Waals surface area contributed by atoms with Crippen molar-refractivity contribution in [3.05, 3.63) is 94.8 Å². The van der Waals surface area contributed by atoms with Gasteiger partial charge in [0.1, 0.15) is 0 Å². The van der Waals surface area contributed by atoms with E-state index in [1.807, 2.05) is 18.5 Å². The summed E-state index contributed by atoms with van der Waals surface area (Å²) in [7, 11) is 0. The first-order valence-corrected chi connectivity index (χ1v) is 13.4. The van der Waals surface area contributed by atoms with Gasteiger partial charge in [-0.15, -0.1) is 29.8 Å². The summed E-state index contributed by atoms with van der Waals surface area (Å²) in [6.07, 6.45) is 3.88. The van der Waals surface area contributed by atoms with Crippen LogP contribution < -0.4 is 0 Å². The molecule has 0 unspecified atom stereocenters. The van der Waals surface area contributed by atoms with Crippen LogP contribution in [0.4, 0.5) is 0 Å². The predicted octanol–water partition coefficient (Wildman–Crippen LogP) is 9.37. The molecule has 1 radical (unpaired) electrons. The maximum Gasteiger partial charge on any atom is 0.0789 e. The molecular formula is C34H38IrN3-. The largest absolute Gasteiger partial charge is 0.340 e. The summed E-state index contributed by atoms with van der Waals surface area (Å²) in [5.74, 6) is 2.29. The molecule has 1 heterocycles. The minimum Gasteiger partial charge on any atom is -0.340 e. The van der Waals surface area contributed by atoms with Gasteiger partial charge in [0.15, 0.2) is 0 Å². The summed E-state index contributed by atoms with van der Waals surface area (Å²) in [6.45, 7) is 18.2. The van der Waals surface area contributed by atoms with Crippen LogP contribution in [0, 0.1) is 17.4 Å². The maximum absolute atomic E-state index is 9.45. The van der Waals surface area contributed by atoms with Crippen molar-refractivity contribution in [3.63, 3.8) is 0 Å². The zero-order chi connectivity index (χ0) is 26.9. The Morgan fingerprint density at radius 3 is 1.84 bits per heavy atom. The Morgan fingerprint density at radius 1 is 0.789 bits per heavy atom. The molecule has 4 heteroatoms. The number of benzene rings is 3. The molecule has 0 atom stereocenters. The van der Waals surface area contributed by atoms with Crippen molar-refractivity contribution in [1.29, 1.82) is 5.26 Å². The van der Waals surface area contributed by atoms with Gasteiger partial charge in [0.2, 0.25) is 0 Å². The minimum atomic E-state index is 0. The number of hydrogen-bond donors (Lipinski definition) is 0. The molecule has 199 valence electrons. The topological polar surface area (TPSA) is 41.6 Å². The Kier molecular flexibility index (Phi) is 9.53. The quantitative estimate of drug-likeness (QED) is 0.183. The van der Waals surface area contributed by atoms with E-state index in [1.54, 1.807) is 12.1 Å². The second kappa shape index (κ2) is 12.2. The molecule has 0 bridgehead atoms. The van der Waals surface area contributed by atoms with Crippen molar-refractivity contribution in [2.45, 2.75) is 79.1 Å². The van der Waals surface area contributed by atoms with Gasteiger partial charge in [0.25, 0.3) is 0 Å². The Balaban J connectivity index is 0.00000400. The van der Waals surface area contributed by atoms with Crippen LogP contribution in [0.3, 0.4) is 0 Å². The van der Waals surface area contributed by atoms with Crippen LogP contribution in [-0.4, -0.2) is 9.55 Å². The molecule has 3 nitrogen and oxygen atoms in total. The average molecular weight is 681 g/mol. The molecule has 0 fully saturated rings. The number of imidazole rings is 1. The first-order chi connectivity index (χ1) is 17.6. The monoisotopic (exact) mass is 681 g/mol. The zero-order valence-corrected chi connectivity index (χ0v) is 26.2. The fourth-order valence-corrected chi connectivity index (χ4v) is 5.22. The van der Waals surface area contributed by atoms with Crippen molar-refractivity contribution in [2.75, 3.05) is 0 Å². The number of nitrogens with zero attached hydrogens (tertiary/aromatic N) is 3. The van der Waals surface area contributed by atoms with Crippen molar-refractivity contribution in [2.24, 2.45) is 0 Å². The van der Waals surface area contributed by atoms with Crippen LogP contribution in [-0.2, 0) is 20.1 Å². The predicted molar refractivity (Wildman–Crippen MR) is 154 cm³/mol. The van der Waals surface area contributed by atoms with Crippen LogP contribution in [0.25, 0.3) is 28.2 Å². The second-order valence-electron chi connectivity index (χ2n) is 11.2. The van der Waals surface area contributed by atoms with Gasteiger partial charge in [-0.1, -0.05) is 73.6 Å². The third kappa shape index (κ3) is 5.70. The number of nitriles is 1. The maximum atomic E-state index is 9.45.